The molecule has 0 spiro atoms. The van der Waals surface area contributed by atoms with Gasteiger partial charge in [-0.2, -0.15) is 0 Å². The number of carbonyl (C=O) groups excluding carboxylic acids is 2. The number of hydrogen-bond acceptors (Lipinski definition) is 5. The Bertz CT molecular complexity index is 1280. The number of halogens is 1. The van der Waals surface area contributed by atoms with Gasteiger partial charge in [-0.1, -0.05) is 17.7 Å². The topological polar surface area (TPSA) is 88.8 Å². The maximum absolute atomic E-state index is 13.4. The maximum Gasteiger partial charge on any atom is 0.408 e. The number of imidazole rings is 1. The normalized spacial score (nSPS) is 19.4. The minimum atomic E-state index is -0.838. The smallest absolute Gasteiger partial charge is 0.408 e. The van der Waals surface area contributed by atoms with Crippen molar-refractivity contribution in [1.82, 2.24) is 24.6 Å². The van der Waals surface area contributed by atoms with Crippen molar-refractivity contribution >= 4 is 29.2 Å². The molecule has 9 heteroatoms. The van der Waals surface area contributed by atoms with Crippen LogP contribution < -0.4 is 5.32 Å². The third kappa shape index (κ3) is 4.98. The SMILES string of the molecule is CC(C)(C)OC(=O)NC1(C(=O)N2CCCC(c3cccc(-c4cnc5ccc(Cl)cn45)n3)C2)CC1. The van der Waals surface area contributed by atoms with Crippen LogP contribution >= 0.6 is 11.6 Å². The number of pyridine rings is 2. The van der Waals surface area contributed by atoms with E-state index in [-0.39, 0.29) is 11.8 Å². The second-order valence-electron chi connectivity index (χ2n) is 10.5. The molecule has 1 aliphatic carbocycles. The minimum absolute atomic E-state index is 0.0272. The first-order chi connectivity index (χ1) is 16.6. The van der Waals surface area contributed by atoms with Gasteiger partial charge in [-0.3, -0.25) is 14.2 Å². The maximum atomic E-state index is 13.4. The average Bonchev–Trinajstić information content (AvgIpc) is 3.47. The van der Waals surface area contributed by atoms with Crippen LogP contribution in [0.1, 0.15) is 58.1 Å². The van der Waals surface area contributed by atoms with E-state index in [2.05, 4.69) is 10.3 Å². The number of nitrogens with one attached hydrogen (secondary N) is 1. The molecular weight excluding hydrogens is 466 g/mol. The van der Waals surface area contributed by atoms with Crippen molar-refractivity contribution in [3.63, 3.8) is 0 Å². The summed E-state index contributed by atoms with van der Waals surface area (Å²) in [6.07, 6.45) is 6.20. The summed E-state index contributed by atoms with van der Waals surface area (Å²) < 4.78 is 7.32. The van der Waals surface area contributed by atoms with E-state index in [1.54, 1.807) is 6.20 Å². The van der Waals surface area contributed by atoms with Gasteiger partial charge >= 0.3 is 6.09 Å². The van der Waals surface area contributed by atoms with Gasteiger partial charge in [-0.05, 0) is 70.7 Å². The Morgan fingerprint density at radius 3 is 2.74 bits per heavy atom. The van der Waals surface area contributed by atoms with Crippen LogP contribution in [0, 0.1) is 0 Å². The van der Waals surface area contributed by atoms with E-state index < -0.39 is 17.2 Å². The molecular formula is C26H30ClN5O3. The van der Waals surface area contributed by atoms with Gasteiger partial charge in [0.25, 0.3) is 0 Å². The fourth-order valence-corrected chi connectivity index (χ4v) is 4.85. The van der Waals surface area contributed by atoms with E-state index in [0.29, 0.717) is 31.0 Å². The van der Waals surface area contributed by atoms with Crippen LogP contribution in [0.5, 0.6) is 0 Å². The van der Waals surface area contributed by atoms with Gasteiger partial charge < -0.3 is 15.0 Å². The number of amides is 2. The molecule has 1 saturated carbocycles. The van der Waals surface area contributed by atoms with Gasteiger partial charge in [0.05, 0.1) is 22.6 Å². The monoisotopic (exact) mass is 495 g/mol. The first-order valence-corrected chi connectivity index (χ1v) is 12.4. The first-order valence-electron chi connectivity index (χ1n) is 12.0. The number of hydrogen-bond donors (Lipinski definition) is 1. The summed E-state index contributed by atoms with van der Waals surface area (Å²) in [5.41, 5.74) is 1.98. The lowest BCUT2D eigenvalue weighted by Crippen LogP contribution is -2.53. The fourth-order valence-electron chi connectivity index (χ4n) is 4.69. The Morgan fingerprint density at radius 2 is 2.00 bits per heavy atom. The molecule has 2 aliphatic rings. The highest BCUT2D eigenvalue weighted by atomic mass is 35.5. The quantitative estimate of drug-likeness (QED) is 0.561. The molecule has 2 fully saturated rings. The first kappa shape index (κ1) is 23.6. The number of likely N-dealkylation sites (tertiary alicyclic amines) is 1. The number of nitrogens with zero attached hydrogens (tertiary/aromatic N) is 4. The van der Waals surface area contributed by atoms with Crippen molar-refractivity contribution in [2.75, 3.05) is 13.1 Å². The van der Waals surface area contributed by atoms with E-state index in [0.717, 1.165) is 35.6 Å². The fraction of sp³-hybridized carbons (Fsp3) is 0.462. The van der Waals surface area contributed by atoms with Gasteiger partial charge in [0.2, 0.25) is 5.91 Å². The van der Waals surface area contributed by atoms with E-state index in [9.17, 15) is 9.59 Å². The van der Waals surface area contributed by atoms with Crippen LogP contribution in [-0.2, 0) is 9.53 Å². The summed E-state index contributed by atoms with van der Waals surface area (Å²) in [7, 11) is 0. The van der Waals surface area contributed by atoms with Crippen molar-refractivity contribution in [2.24, 2.45) is 0 Å². The van der Waals surface area contributed by atoms with Crippen molar-refractivity contribution in [2.45, 2.75) is 63.5 Å². The highest BCUT2D eigenvalue weighted by molar-refractivity contribution is 6.30. The Kier molecular flexibility index (Phi) is 5.95. The molecule has 3 aromatic heterocycles. The molecule has 1 saturated heterocycles. The number of fused-ring (bicyclic) bond motifs is 1. The molecule has 184 valence electrons. The molecule has 5 rings (SSSR count). The Balaban J connectivity index is 1.32. The molecule has 8 nitrogen and oxygen atoms in total. The van der Waals surface area contributed by atoms with Crippen molar-refractivity contribution in [3.8, 4) is 11.4 Å². The predicted octanol–water partition coefficient (Wildman–Crippen LogP) is 4.81. The van der Waals surface area contributed by atoms with Crippen LogP contribution in [0.15, 0.2) is 42.7 Å². The molecule has 0 bridgehead atoms. The number of alkyl carbamates (subject to hydrolysis) is 1. The van der Waals surface area contributed by atoms with Gasteiger partial charge in [-0.15, -0.1) is 0 Å². The molecule has 1 aliphatic heterocycles. The van der Waals surface area contributed by atoms with E-state index in [4.69, 9.17) is 21.3 Å². The highest BCUT2D eigenvalue weighted by Crippen LogP contribution is 2.39. The van der Waals surface area contributed by atoms with Crippen LogP contribution in [0.3, 0.4) is 0 Å². The summed E-state index contributed by atoms with van der Waals surface area (Å²) in [6, 6.07) is 9.66. The summed E-state index contributed by atoms with van der Waals surface area (Å²) >= 11 is 6.20. The molecule has 1 atom stereocenters. The second kappa shape index (κ2) is 8.82. The molecule has 3 aromatic rings. The summed E-state index contributed by atoms with van der Waals surface area (Å²) in [6.45, 7) is 6.69. The summed E-state index contributed by atoms with van der Waals surface area (Å²) in [5, 5.41) is 3.46. The van der Waals surface area contributed by atoms with E-state index in [1.807, 2.05) is 66.6 Å². The van der Waals surface area contributed by atoms with Gasteiger partial charge in [0.15, 0.2) is 0 Å². The molecule has 2 amide bonds. The molecule has 1 N–H and O–H groups in total. The van der Waals surface area contributed by atoms with E-state index in [1.165, 1.54) is 0 Å². The largest absolute Gasteiger partial charge is 0.444 e. The molecule has 1 unspecified atom stereocenters. The lowest BCUT2D eigenvalue weighted by atomic mass is 9.93. The van der Waals surface area contributed by atoms with Crippen LogP contribution in [0.25, 0.3) is 17.0 Å². The Hall–Kier alpha value is -3.13. The standard InChI is InChI=1S/C26H30ClN5O3/c1-25(2,3)35-24(34)30-26(11-12-26)23(33)31-13-5-6-17(15-31)19-7-4-8-20(29-19)21-14-28-22-10-9-18(27)16-32(21)22/h4,7-10,14,16-17H,5-6,11-13,15H2,1-3H3,(H,30,34). The zero-order valence-electron chi connectivity index (χ0n) is 20.3. The van der Waals surface area contributed by atoms with E-state index >= 15 is 0 Å². The van der Waals surface area contributed by atoms with Gasteiger partial charge in [0, 0.05) is 30.9 Å². The molecule has 0 radical (unpaired) electrons. The van der Waals surface area contributed by atoms with Crippen molar-refractivity contribution in [3.05, 3.63) is 53.4 Å². The number of aromatic nitrogens is 3. The lowest BCUT2D eigenvalue weighted by molar-refractivity contribution is -0.135. The van der Waals surface area contributed by atoms with Crippen LogP contribution in [0.4, 0.5) is 4.79 Å². The number of rotatable bonds is 4. The molecule has 4 heterocycles. The Labute approximate surface area is 209 Å². The number of carbonyl (C=O) groups is 2. The van der Waals surface area contributed by atoms with Crippen molar-refractivity contribution < 1.29 is 14.3 Å². The lowest BCUT2D eigenvalue weighted by Gasteiger charge is -2.35. The molecule has 35 heavy (non-hydrogen) atoms. The number of piperidine rings is 1. The van der Waals surface area contributed by atoms with Crippen LogP contribution in [0.2, 0.25) is 5.02 Å². The van der Waals surface area contributed by atoms with Gasteiger partial charge in [-0.25, -0.2) is 9.78 Å². The Morgan fingerprint density at radius 1 is 1.20 bits per heavy atom. The number of ether oxygens (including phenoxy) is 1. The van der Waals surface area contributed by atoms with Gasteiger partial charge in [0.1, 0.15) is 16.8 Å². The summed E-state index contributed by atoms with van der Waals surface area (Å²) in [4.78, 5) is 37.0. The predicted molar refractivity (Wildman–Crippen MR) is 133 cm³/mol. The second-order valence-corrected chi connectivity index (χ2v) is 10.9. The zero-order chi connectivity index (χ0) is 24.8. The van der Waals surface area contributed by atoms with Crippen LogP contribution in [-0.4, -0.2) is 55.5 Å². The molecule has 0 aromatic carbocycles. The summed E-state index contributed by atoms with van der Waals surface area (Å²) in [5.74, 6) is 0.0911. The van der Waals surface area contributed by atoms with Crippen molar-refractivity contribution in [1.29, 1.82) is 0 Å². The third-order valence-electron chi connectivity index (χ3n) is 6.53. The zero-order valence-corrected chi connectivity index (χ0v) is 21.0. The minimum Gasteiger partial charge on any atom is -0.444 e. The average molecular weight is 496 g/mol. The third-order valence-corrected chi connectivity index (χ3v) is 6.75. The highest BCUT2D eigenvalue weighted by Gasteiger charge is 2.54.